The molecule has 3 atom stereocenters. The number of carbonyl (C=O) groups excluding carboxylic acids is 2. The normalized spacial score (nSPS) is 14.0. The van der Waals surface area contributed by atoms with E-state index in [9.17, 15) is 34.1 Å². The Hall–Kier alpha value is -2.56. The van der Waals surface area contributed by atoms with Crippen molar-refractivity contribution < 1.29 is 47.8 Å². The Morgan fingerprint density at radius 3 is 1.38 bits per heavy atom. The van der Waals surface area contributed by atoms with E-state index in [0.29, 0.717) is 12.8 Å². The van der Waals surface area contributed by atoms with Crippen molar-refractivity contribution in [3.8, 4) is 0 Å². The average Bonchev–Trinajstić information content (AvgIpc) is 3.24. The highest BCUT2D eigenvalue weighted by atomic mass is 31.2. The van der Waals surface area contributed by atoms with Crippen molar-refractivity contribution in [3.05, 3.63) is 48.6 Å². The third kappa shape index (κ3) is 43.9. The molecule has 3 unspecified atom stereocenters. The van der Waals surface area contributed by atoms with Crippen LogP contribution in [0, 0.1) is 0 Å². The summed E-state index contributed by atoms with van der Waals surface area (Å²) in [5.41, 5.74) is 0. The topological polar surface area (TPSA) is 169 Å². The number of rotatable bonds is 45. The molecule has 0 spiro atoms. The van der Waals surface area contributed by atoms with Crippen LogP contribution in [-0.2, 0) is 32.7 Å². The fourth-order valence-corrected chi connectivity index (χ4v) is 7.31. The molecule has 0 radical (unpaired) electrons. The first kappa shape index (κ1) is 58.4. The number of amides is 1. The van der Waals surface area contributed by atoms with Crippen molar-refractivity contribution >= 4 is 25.7 Å². The Kier molecular flexibility index (Phi) is 42.2. The van der Waals surface area contributed by atoms with Gasteiger partial charge in [-0.2, -0.15) is 0 Å². The lowest BCUT2D eigenvalue weighted by atomic mass is 10.0. The van der Waals surface area contributed by atoms with Crippen molar-refractivity contribution in [1.82, 2.24) is 5.32 Å². The molecule has 0 saturated carbocycles. The van der Waals surface area contributed by atoms with Gasteiger partial charge in [0.1, 0.15) is 12.7 Å². The molecule has 61 heavy (non-hydrogen) atoms. The fraction of sp³-hybridized carbons (Fsp3) is 0.776. The molecule has 4 N–H and O–H groups in total. The van der Waals surface area contributed by atoms with Crippen LogP contribution < -0.4 is 5.32 Å². The predicted molar refractivity (Wildman–Crippen MR) is 249 cm³/mol. The van der Waals surface area contributed by atoms with Crippen molar-refractivity contribution in [3.63, 3.8) is 0 Å². The van der Waals surface area contributed by atoms with Gasteiger partial charge >= 0.3 is 19.8 Å². The molecule has 0 bridgehead atoms. The fourth-order valence-electron chi connectivity index (χ4n) is 6.54. The molecule has 0 rings (SSSR count). The number of phosphoric acid groups is 1. The predicted octanol–water partition coefficient (Wildman–Crippen LogP) is 13.0. The molecule has 0 aliphatic heterocycles. The molecule has 0 heterocycles. The number of hydrogen-bond donors (Lipinski definition) is 4. The summed E-state index contributed by atoms with van der Waals surface area (Å²) < 4.78 is 26.9. The van der Waals surface area contributed by atoms with Crippen LogP contribution >= 0.6 is 7.82 Å². The summed E-state index contributed by atoms with van der Waals surface area (Å²) in [6.07, 6.45) is 49.9. The Morgan fingerprint density at radius 1 is 0.525 bits per heavy atom. The first-order valence-corrected chi connectivity index (χ1v) is 25.7. The maximum Gasteiger partial charge on any atom is 0.472 e. The van der Waals surface area contributed by atoms with Crippen LogP contribution in [0.5, 0.6) is 0 Å². The number of hydrogen-bond acceptors (Lipinski definition) is 8. The number of carboxylic acid groups (broad SMARTS) is 1. The van der Waals surface area contributed by atoms with Crippen molar-refractivity contribution in [2.24, 2.45) is 0 Å². The van der Waals surface area contributed by atoms with Gasteiger partial charge in [0.2, 0.25) is 5.91 Å². The summed E-state index contributed by atoms with van der Waals surface area (Å²) in [5, 5.41) is 21.9. The molecule has 354 valence electrons. The largest absolute Gasteiger partial charge is 0.480 e. The number of aliphatic carboxylic acids is 1. The molecule has 1 amide bonds. The first-order valence-electron chi connectivity index (χ1n) is 24.2. The Morgan fingerprint density at radius 2 is 0.918 bits per heavy atom. The zero-order chi connectivity index (χ0) is 44.9. The molecular formula is C49H88NO10P. The van der Waals surface area contributed by atoms with Crippen LogP contribution in [-0.4, -0.2) is 64.9 Å². The molecule has 0 aliphatic rings. The van der Waals surface area contributed by atoms with E-state index in [4.69, 9.17) is 13.8 Å². The van der Waals surface area contributed by atoms with Crippen molar-refractivity contribution in [2.45, 2.75) is 225 Å². The van der Waals surface area contributed by atoms with Gasteiger partial charge in [0.15, 0.2) is 6.04 Å². The summed E-state index contributed by atoms with van der Waals surface area (Å²) in [6, 6.07) is -1.55. The van der Waals surface area contributed by atoms with Gasteiger partial charge in [-0.15, -0.1) is 0 Å². The van der Waals surface area contributed by atoms with E-state index < -0.39 is 57.6 Å². The number of ether oxygens (including phenoxy) is 1. The Labute approximate surface area is 371 Å². The number of aliphatic hydroxyl groups excluding tert-OH is 1. The lowest BCUT2D eigenvalue weighted by Gasteiger charge is -2.18. The molecule has 11 nitrogen and oxygen atoms in total. The molecule has 0 aromatic heterocycles. The Bertz CT molecular complexity index is 1220. The number of carboxylic acids is 1. The average molecular weight is 882 g/mol. The molecule has 0 fully saturated rings. The number of esters is 1. The third-order valence-electron chi connectivity index (χ3n) is 10.3. The van der Waals surface area contributed by atoms with Gasteiger partial charge < -0.3 is 25.2 Å². The van der Waals surface area contributed by atoms with E-state index in [0.717, 1.165) is 70.6 Å². The van der Waals surface area contributed by atoms with Crippen LogP contribution in [0.1, 0.15) is 213 Å². The lowest BCUT2D eigenvalue weighted by molar-refractivity contribution is -0.147. The zero-order valence-corrected chi connectivity index (χ0v) is 39.4. The number of aliphatic hydroxyl groups is 1. The second-order valence-electron chi connectivity index (χ2n) is 16.3. The van der Waals surface area contributed by atoms with E-state index >= 15 is 0 Å². The van der Waals surface area contributed by atoms with Gasteiger partial charge in [0, 0.05) is 12.8 Å². The smallest absolute Gasteiger partial charge is 0.472 e. The number of nitrogens with one attached hydrogen (secondary N) is 1. The highest BCUT2D eigenvalue weighted by molar-refractivity contribution is 7.47. The number of phosphoric ester groups is 1. The first-order chi connectivity index (χ1) is 29.6. The van der Waals surface area contributed by atoms with Gasteiger partial charge in [-0.1, -0.05) is 178 Å². The zero-order valence-electron chi connectivity index (χ0n) is 38.5. The molecule has 0 aromatic carbocycles. The minimum Gasteiger partial charge on any atom is -0.480 e. The quantitative estimate of drug-likeness (QED) is 0.0200. The maximum absolute atomic E-state index is 12.4. The van der Waals surface area contributed by atoms with Crippen molar-refractivity contribution in [1.29, 1.82) is 0 Å². The van der Waals surface area contributed by atoms with Crippen LogP contribution in [0.15, 0.2) is 48.6 Å². The summed E-state index contributed by atoms with van der Waals surface area (Å²) in [4.78, 5) is 46.0. The van der Waals surface area contributed by atoms with Crippen LogP contribution in [0.3, 0.4) is 0 Å². The van der Waals surface area contributed by atoms with Crippen LogP contribution in [0.4, 0.5) is 0 Å². The van der Waals surface area contributed by atoms with E-state index in [1.54, 1.807) is 0 Å². The van der Waals surface area contributed by atoms with Gasteiger partial charge in [-0.3, -0.25) is 18.6 Å². The second kappa shape index (κ2) is 44.1. The van der Waals surface area contributed by atoms with Gasteiger partial charge in [0.25, 0.3) is 0 Å². The summed E-state index contributed by atoms with van der Waals surface area (Å²) in [6.45, 7) is 2.53. The summed E-state index contributed by atoms with van der Waals surface area (Å²) in [5.74, 6) is -2.39. The maximum atomic E-state index is 12.4. The number of allylic oxidation sites excluding steroid dienone is 8. The summed E-state index contributed by atoms with van der Waals surface area (Å²) in [7, 11) is -4.76. The van der Waals surface area contributed by atoms with E-state index in [2.05, 4.69) is 67.8 Å². The molecule has 0 aromatic rings. The van der Waals surface area contributed by atoms with Gasteiger partial charge in [-0.25, -0.2) is 9.36 Å². The number of carbonyl (C=O) groups is 3. The third-order valence-corrected chi connectivity index (χ3v) is 11.3. The van der Waals surface area contributed by atoms with Gasteiger partial charge in [-0.05, 0) is 70.6 Å². The minimum atomic E-state index is -4.76. The molecular weight excluding hydrogens is 794 g/mol. The van der Waals surface area contributed by atoms with Crippen molar-refractivity contribution in [2.75, 3.05) is 19.8 Å². The van der Waals surface area contributed by atoms with Crippen LogP contribution in [0.25, 0.3) is 0 Å². The molecule has 0 saturated heterocycles. The lowest BCUT2D eigenvalue weighted by Crippen LogP contribution is -2.43. The number of unbranched alkanes of at least 4 members (excludes halogenated alkanes) is 23. The standard InChI is InChI=1S/C49H88NO10P/c1-3-5-7-9-11-13-15-17-19-20-21-22-23-24-25-26-27-28-30-32-34-36-38-40-47(52)50-46(49(54)55)44-60-61(56,57)59-43-45(51)42-58-48(53)41-39-37-35-33-31-29-18-16-14-12-10-8-6-4-2/h10-13,16-19,45-46,51H,3-9,14-15,20-44H2,1-2H3,(H,50,52)(H,54,55)(H,56,57)/b12-10-,13-11-,18-16-,19-17-. The SMILES string of the molecule is CCCC/C=C\C/C=C\CCCCCCCC(=O)OCC(O)COP(=O)(O)OCC(NC(=O)CCCCCCCCCCCCCCC/C=C\C/C=C\CCCCC)C(=O)O. The molecule has 0 aliphatic carbocycles. The van der Waals surface area contributed by atoms with E-state index in [1.807, 2.05) is 0 Å². The summed E-state index contributed by atoms with van der Waals surface area (Å²) >= 11 is 0. The highest BCUT2D eigenvalue weighted by Crippen LogP contribution is 2.43. The van der Waals surface area contributed by atoms with E-state index in [1.165, 1.54) is 103 Å². The van der Waals surface area contributed by atoms with Gasteiger partial charge in [0.05, 0.1) is 13.2 Å². The second-order valence-corrected chi connectivity index (χ2v) is 17.7. The Balaban J connectivity index is 3.85. The minimum absolute atomic E-state index is 0.143. The highest BCUT2D eigenvalue weighted by Gasteiger charge is 2.28. The van der Waals surface area contributed by atoms with Crippen LogP contribution in [0.2, 0.25) is 0 Å². The van der Waals surface area contributed by atoms with E-state index in [-0.39, 0.29) is 12.8 Å². The molecule has 12 heteroatoms. The monoisotopic (exact) mass is 882 g/mol.